The lowest BCUT2D eigenvalue weighted by atomic mass is 10.4. The average Bonchev–Trinajstić information content (AvgIpc) is 2.54. The maximum absolute atomic E-state index is 5.52. The van der Waals surface area contributed by atoms with Gasteiger partial charge >= 0.3 is 0 Å². The first kappa shape index (κ1) is 6.44. The number of aromatic nitrogens is 2. The Kier molecular flexibility index (Phi) is 1.23. The topological polar surface area (TPSA) is 81.9 Å². The highest BCUT2D eigenvalue weighted by Gasteiger charge is 2.07. The van der Waals surface area contributed by atoms with Crippen LogP contribution in [0, 0.1) is 0 Å². The molecule has 2 aromatic heterocycles. The quantitative estimate of drug-likeness (QED) is 0.417. The summed E-state index contributed by atoms with van der Waals surface area (Å²) in [5.74, 6) is 11.3. The molecule has 0 bridgehead atoms. The molecule has 58 valence electrons. The Bertz CT molecular complexity index is 375. The second-order valence-electron chi connectivity index (χ2n) is 2.08. The lowest BCUT2D eigenvalue weighted by Gasteiger charge is -1.89. The summed E-state index contributed by atoms with van der Waals surface area (Å²) < 4.78 is 0. The van der Waals surface area contributed by atoms with Crippen LogP contribution < -0.4 is 17.1 Å². The van der Waals surface area contributed by atoms with Crippen LogP contribution in [0.4, 0.5) is 5.82 Å². The molecule has 0 unspecified atom stereocenters. The highest BCUT2D eigenvalue weighted by atomic mass is 32.1. The summed E-state index contributed by atoms with van der Waals surface area (Å²) in [5, 5.41) is 6.84. The molecule has 2 aromatic rings. The van der Waals surface area contributed by atoms with Crippen molar-refractivity contribution in [2.45, 2.75) is 0 Å². The van der Waals surface area contributed by atoms with Gasteiger partial charge in [-0.25, -0.2) is 5.84 Å². The Labute approximate surface area is 66.5 Å². The molecule has 0 spiro atoms. The van der Waals surface area contributed by atoms with E-state index in [-0.39, 0.29) is 0 Å². The van der Waals surface area contributed by atoms with Crippen molar-refractivity contribution in [3.63, 3.8) is 0 Å². The predicted octanol–water partition coefficient (Wildman–Crippen LogP) is 0.0972. The van der Waals surface area contributed by atoms with Gasteiger partial charge in [-0.1, -0.05) is 0 Å². The zero-order valence-corrected chi connectivity index (χ0v) is 6.43. The van der Waals surface area contributed by atoms with Crippen LogP contribution in [-0.2, 0) is 0 Å². The molecule has 0 atom stereocenters. The molecular weight excluding hydrogens is 162 g/mol. The van der Waals surface area contributed by atoms with Gasteiger partial charge in [0.2, 0.25) is 0 Å². The smallest absolute Gasteiger partial charge is 0.172 e. The van der Waals surface area contributed by atoms with Gasteiger partial charge in [-0.2, -0.15) is 4.79 Å². The molecule has 5 nitrogen and oxygen atoms in total. The lowest BCUT2D eigenvalue weighted by molar-refractivity contribution is 0.869. The highest BCUT2D eigenvalue weighted by Crippen LogP contribution is 2.25. The molecule has 0 amide bonds. The fourth-order valence-corrected chi connectivity index (χ4v) is 1.75. The summed E-state index contributed by atoms with van der Waals surface area (Å²) in [6.45, 7) is 0. The first-order valence-electron chi connectivity index (χ1n) is 3.01. The van der Waals surface area contributed by atoms with Crippen molar-refractivity contribution in [2.24, 2.45) is 5.84 Å². The summed E-state index contributed by atoms with van der Waals surface area (Å²) in [7, 11) is 0. The van der Waals surface area contributed by atoms with Crippen LogP contribution >= 0.6 is 11.3 Å². The number of nitrogen functional groups attached to an aromatic ring is 2. The minimum atomic E-state index is 0.615. The fraction of sp³-hybridized carbons (Fsp3) is 0. The minimum Gasteiger partial charge on any atom is -0.322 e. The van der Waals surface area contributed by atoms with Crippen molar-refractivity contribution in [3.05, 3.63) is 11.4 Å². The summed E-state index contributed by atoms with van der Waals surface area (Å²) in [4.78, 5) is 2.23. The van der Waals surface area contributed by atoms with Gasteiger partial charge in [0.1, 0.15) is 4.83 Å². The van der Waals surface area contributed by atoms with E-state index >= 15 is 0 Å². The number of hydrogen-bond donors (Lipinski definition) is 3. The molecule has 5 N–H and O–H groups in total. The Morgan fingerprint density at radius 1 is 1.64 bits per heavy atom. The van der Waals surface area contributed by atoms with Crippen molar-refractivity contribution in [2.75, 3.05) is 11.3 Å². The third-order valence-electron chi connectivity index (χ3n) is 1.45. The van der Waals surface area contributed by atoms with Crippen LogP contribution in [0.5, 0.6) is 0 Å². The molecule has 0 aliphatic carbocycles. The predicted molar refractivity (Wildman–Crippen MR) is 45.6 cm³/mol. The summed E-state index contributed by atoms with van der Waals surface area (Å²) in [6.07, 6.45) is 0. The Hall–Kier alpha value is -1.27. The van der Waals surface area contributed by atoms with Gasteiger partial charge < -0.3 is 11.3 Å². The van der Waals surface area contributed by atoms with Crippen molar-refractivity contribution in [3.8, 4) is 0 Å². The lowest BCUT2D eigenvalue weighted by Crippen LogP contribution is -2.12. The largest absolute Gasteiger partial charge is 0.322 e. The molecule has 0 aromatic carbocycles. The summed E-state index contributed by atoms with van der Waals surface area (Å²) in [5.41, 5.74) is 2.47. The van der Waals surface area contributed by atoms with Gasteiger partial charge in [0.15, 0.2) is 5.82 Å². The van der Waals surface area contributed by atoms with Gasteiger partial charge in [0.25, 0.3) is 0 Å². The van der Waals surface area contributed by atoms with Crippen molar-refractivity contribution < 1.29 is 0 Å². The van der Waals surface area contributed by atoms with E-state index in [0.29, 0.717) is 5.82 Å². The molecule has 0 aliphatic heterocycles. The van der Waals surface area contributed by atoms with Gasteiger partial charge in [-0.15, -0.1) is 16.4 Å². The zero-order valence-electron chi connectivity index (χ0n) is 5.61. The molecule has 0 fully saturated rings. The normalized spacial score (nSPS) is 10.6. The van der Waals surface area contributed by atoms with E-state index in [0.717, 1.165) is 10.2 Å². The molecule has 2 rings (SSSR count). The number of nitrogens with two attached hydrogens (primary N) is 2. The molecule has 2 heterocycles. The number of hydrazine groups is 1. The third kappa shape index (κ3) is 0.765. The Morgan fingerprint density at radius 2 is 2.45 bits per heavy atom. The molecule has 0 saturated heterocycles. The SMILES string of the molecule is NNc1nn(N)c2sccc12. The maximum atomic E-state index is 5.52. The van der Waals surface area contributed by atoms with E-state index in [4.69, 9.17) is 11.7 Å². The number of fused-ring (bicyclic) bond motifs is 1. The van der Waals surface area contributed by atoms with Crippen molar-refractivity contribution in [1.82, 2.24) is 9.89 Å². The first-order valence-corrected chi connectivity index (χ1v) is 3.89. The highest BCUT2D eigenvalue weighted by molar-refractivity contribution is 7.16. The number of nitrogens with one attached hydrogen (secondary N) is 1. The van der Waals surface area contributed by atoms with Crippen LogP contribution in [0.15, 0.2) is 11.4 Å². The zero-order chi connectivity index (χ0) is 7.84. The van der Waals surface area contributed by atoms with Crippen LogP contribution in [-0.4, -0.2) is 9.89 Å². The minimum absolute atomic E-state index is 0.615. The maximum Gasteiger partial charge on any atom is 0.172 e. The van der Waals surface area contributed by atoms with Gasteiger partial charge in [0.05, 0.1) is 5.39 Å². The molecule has 11 heavy (non-hydrogen) atoms. The number of rotatable bonds is 1. The standard InChI is InChI=1S/C5H7N5S/c6-8-4-3-1-2-11-5(3)10(7)9-4/h1-2H,6-7H2,(H,8,9). The third-order valence-corrected chi connectivity index (χ3v) is 2.35. The van der Waals surface area contributed by atoms with Gasteiger partial charge in [-0.05, 0) is 11.4 Å². The number of thiophene rings is 1. The first-order chi connectivity index (χ1) is 5.33. The second-order valence-corrected chi connectivity index (χ2v) is 2.97. The van der Waals surface area contributed by atoms with Crippen LogP contribution in [0.3, 0.4) is 0 Å². The van der Waals surface area contributed by atoms with Gasteiger partial charge in [0, 0.05) is 0 Å². The molecule has 0 radical (unpaired) electrons. The molecular formula is C5H7N5S. The van der Waals surface area contributed by atoms with E-state index in [1.807, 2.05) is 11.4 Å². The molecule has 6 heteroatoms. The monoisotopic (exact) mass is 169 g/mol. The number of hydrogen-bond acceptors (Lipinski definition) is 5. The van der Waals surface area contributed by atoms with E-state index in [1.54, 1.807) is 0 Å². The number of nitrogens with zero attached hydrogens (tertiary/aromatic N) is 2. The second kappa shape index (κ2) is 2.11. The number of anilines is 1. The van der Waals surface area contributed by atoms with E-state index in [9.17, 15) is 0 Å². The molecule has 0 aliphatic rings. The van der Waals surface area contributed by atoms with E-state index < -0.39 is 0 Å². The Balaban J connectivity index is 2.80. The fourth-order valence-electron chi connectivity index (χ4n) is 0.973. The van der Waals surface area contributed by atoms with Crippen LogP contribution in [0.1, 0.15) is 0 Å². The van der Waals surface area contributed by atoms with Crippen LogP contribution in [0.2, 0.25) is 0 Å². The van der Waals surface area contributed by atoms with Gasteiger partial charge in [-0.3, -0.25) is 0 Å². The molecule has 0 saturated carbocycles. The average molecular weight is 169 g/mol. The summed E-state index contributed by atoms with van der Waals surface area (Å²) in [6, 6.07) is 1.92. The van der Waals surface area contributed by atoms with Crippen molar-refractivity contribution >= 4 is 27.4 Å². The Morgan fingerprint density at radius 3 is 3.18 bits per heavy atom. The van der Waals surface area contributed by atoms with E-state index in [1.165, 1.54) is 16.1 Å². The van der Waals surface area contributed by atoms with E-state index in [2.05, 4.69) is 10.5 Å². The van der Waals surface area contributed by atoms with Crippen molar-refractivity contribution in [1.29, 1.82) is 0 Å². The van der Waals surface area contributed by atoms with Crippen LogP contribution in [0.25, 0.3) is 10.2 Å². The summed E-state index contributed by atoms with van der Waals surface area (Å²) >= 11 is 1.53.